The van der Waals surface area contributed by atoms with Gasteiger partial charge in [0.25, 0.3) is 0 Å². The molecule has 0 saturated carbocycles. The van der Waals surface area contributed by atoms with Gasteiger partial charge in [-0.1, -0.05) is 30.4 Å². The quantitative estimate of drug-likeness (QED) is 0.340. The van der Waals surface area contributed by atoms with Gasteiger partial charge in [-0.2, -0.15) is 13.2 Å². The van der Waals surface area contributed by atoms with E-state index in [1.54, 1.807) is 6.08 Å². The van der Waals surface area contributed by atoms with Crippen LogP contribution in [0.2, 0.25) is 0 Å². The number of hydrogen-bond donors (Lipinski definition) is 2. The monoisotopic (exact) mass is 465 g/mol. The molecule has 0 heterocycles. The molecule has 2 rings (SSSR count). The summed E-state index contributed by atoms with van der Waals surface area (Å²) in [6.07, 6.45) is 4.96. The second-order valence-electron chi connectivity index (χ2n) is 7.71. The standard InChI is InChI=1S/C25H30F3NO4/c1-2-29-24(32)11-6-4-3-5-10-22-18(13-15-23(22)31)12-14-20(30)17-33-21-9-7-8-19(16-21)25(26,27)28/h3,5,7-9,12,14,16,20,30H,2,4,6,10-11,13,15,17H2,1H3,(H,29,32)/b5-3-,14-12?. The normalized spacial score (nSPS) is 15.6. The molecule has 1 aliphatic carbocycles. The molecule has 1 aromatic rings. The van der Waals surface area contributed by atoms with Gasteiger partial charge < -0.3 is 15.2 Å². The van der Waals surface area contributed by atoms with E-state index in [4.69, 9.17) is 4.74 Å². The molecule has 1 unspecified atom stereocenters. The highest BCUT2D eigenvalue weighted by atomic mass is 19.4. The lowest BCUT2D eigenvalue weighted by Crippen LogP contribution is -2.21. The van der Waals surface area contributed by atoms with Crippen molar-refractivity contribution in [2.45, 2.75) is 57.7 Å². The maximum absolute atomic E-state index is 12.8. The Bertz CT molecular complexity index is 903. The Labute approximate surface area is 192 Å². The number of halogens is 3. The van der Waals surface area contributed by atoms with Crippen LogP contribution in [-0.2, 0) is 15.8 Å². The van der Waals surface area contributed by atoms with Gasteiger partial charge in [0.15, 0.2) is 5.78 Å². The van der Waals surface area contributed by atoms with Crippen LogP contribution in [0.5, 0.6) is 5.75 Å². The Hall–Kier alpha value is -2.87. The van der Waals surface area contributed by atoms with Gasteiger partial charge in [0.05, 0.1) is 5.56 Å². The Kier molecular flexibility index (Phi) is 10.4. The number of carbonyl (C=O) groups is 2. The molecule has 2 N–H and O–H groups in total. The molecular formula is C25H30F3NO4. The highest BCUT2D eigenvalue weighted by Crippen LogP contribution is 2.31. The van der Waals surface area contributed by atoms with Gasteiger partial charge in [0.1, 0.15) is 18.5 Å². The first kappa shape index (κ1) is 26.4. The minimum Gasteiger partial charge on any atom is -0.491 e. The number of ether oxygens (including phenoxy) is 1. The van der Waals surface area contributed by atoms with Crippen LogP contribution in [0.4, 0.5) is 13.2 Å². The van der Waals surface area contributed by atoms with Crippen LogP contribution < -0.4 is 10.1 Å². The molecule has 0 bridgehead atoms. The van der Waals surface area contributed by atoms with Gasteiger partial charge in [-0.15, -0.1) is 0 Å². The molecule has 8 heteroatoms. The van der Waals surface area contributed by atoms with Gasteiger partial charge in [-0.3, -0.25) is 9.59 Å². The molecule has 0 aromatic heterocycles. The molecule has 1 aliphatic rings. The first-order chi connectivity index (χ1) is 15.7. The minimum absolute atomic E-state index is 0.0190. The Morgan fingerprint density at radius 2 is 2.06 bits per heavy atom. The summed E-state index contributed by atoms with van der Waals surface area (Å²) < 4.78 is 43.6. The largest absolute Gasteiger partial charge is 0.491 e. The third-order valence-corrected chi connectivity index (χ3v) is 5.08. The van der Waals surface area contributed by atoms with Crippen molar-refractivity contribution in [3.8, 4) is 5.75 Å². The predicted molar refractivity (Wildman–Crippen MR) is 120 cm³/mol. The number of nitrogens with one attached hydrogen (secondary N) is 1. The minimum atomic E-state index is -4.46. The van der Waals surface area contributed by atoms with Crippen molar-refractivity contribution in [3.63, 3.8) is 0 Å². The molecule has 0 radical (unpaired) electrons. The van der Waals surface area contributed by atoms with E-state index >= 15 is 0 Å². The number of alkyl halides is 3. The van der Waals surface area contributed by atoms with Crippen LogP contribution in [-0.4, -0.2) is 36.1 Å². The van der Waals surface area contributed by atoms with E-state index in [0.29, 0.717) is 37.8 Å². The van der Waals surface area contributed by atoms with E-state index < -0.39 is 17.8 Å². The van der Waals surface area contributed by atoms with Gasteiger partial charge in [0, 0.05) is 25.0 Å². The number of amides is 1. The number of ketones is 1. The van der Waals surface area contributed by atoms with Crippen molar-refractivity contribution in [3.05, 3.63) is 65.3 Å². The maximum atomic E-state index is 12.8. The van der Waals surface area contributed by atoms with Crippen LogP contribution in [0, 0.1) is 0 Å². The number of aliphatic hydroxyl groups is 1. The first-order valence-corrected chi connectivity index (χ1v) is 11.0. The molecule has 180 valence electrons. The van der Waals surface area contributed by atoms with Gasteiger partial charge in [-0.25, -0.2) is 0 Å². The van der Waals surface area contributed by atoms with E-state index in [9.17, 15) is 27.9 Å². The summed E-state index contributed by atoms with van der Waals surface area (Å²) in [7, 11) is 0. The van der Waals surface area contributed by atoms with Gasteiger partial charge >= 0.3 is 6.18 Å². The van der Waals surface area contributed by atoms with Crippen LogP contribution >= 0.6 is 0 Å². The van der Waals surface area contributed by atoms with Crippen molar-refractivity contribution in [2.24, 2.45) is 0 Å². The lowest BCUT2D eigenvalue weighted by atomic mass is 10.1. The van der Waals surface area contributed by atoms with E-state index in [1.165, 1.54) is 18.2 Å². The second-order valence-corrected chi connectivity index (χ2v) is 7.71. The number of aliphatic hydroxyl groups excluding tert-OH is 1. The van der Waals surface area contributed by atoms with Gasteiger partial charge in [0.2, 0.25) is 5.91 Å². The number of allylic oxidation sites excluding steroid dienone is 5. The van der Waals surface area contributed by atoms with E-state index in [1.807, 2.05) is 19.1 Å². The van der Waals surface area contributed by atoms with Crippen LogP contribution in [0.1, 0.15) is 51.0 Å². The van der Waals surface area contributed by atoms with Crippen LogP contribution in [0.3, 0.4) is 0 Å². The van der Waals surface area contributed by atoms with E-state index in [-0.39, 0.29) is 24.0 Å². The summed E-state index contributed by atoms with van der Waals surface area (Å²) in [6, 6.07) is 4.47. The third-order valence-electron chi connectivity index (χ3n) is 5.08. The van der Waals surface area contributed by atoms with E-state index in [0.717, 1.165) is 30.5 Å². The molecule has 5 nitrogen and oxygen atoms in total. The Balaban J connectivity index is 1.85. The molecule has 1 atom stereocenters. The molecule has 1 amide bonds. The third kappa shape index (κ3) is 9.26. The Morgan fingerprint density at radius 3 is 2.79 bits per heavy atom. The maximum Gasteiger partial charge on any atom is 0.416 e. The summed E-state index contributed by atoms with van der Waals surface area (Å²) in [6.45, 7) is 2.28. The van der Waals surface area contributed by atoms with Crippen molar-refractivity contribution in [1.29, 1.82) is 0 Å². The number of benzene rings is 1. The zero-order chi connectivity index (χ0) is 24.3. The predicted octanol–water partition coefficient (Wildman–Crippen LogP) is 4.91. The average Bonchev–Trinajstić information content (AvgIpc) is 3.12. The lowest BCUT2D eigenvalue weighted by molar-refractivity contribution is -0.137. The summed E-state index contributed by atoms with van der Waals surface area (Å²) in [5.41, 5.74) is 0.712. The molecule has 0 fully saturated rings. The molecular weight excluding hydrogens is 435 g/mol. The number of hydrogen-bond acceptors (Lipinski definition) is 4. The zero-order valence-electron chi connectivity index (χ0n) is 18.7. The Morgan fingerprint density at radius 1 is 1.27 bits per heavy atom. The SMILES string of the molecule is CCNC(=O)CCC/C=C\CC1=C(C=CC(O)COc2cccc(C(F)(F)F)c2)CCC1=O. The van der Waals surface area contributed by atoms with Crippen molar-refractivity contribution >= 4 is 11.7 Å². The zero-order valence-corrected chi connectivity index (χ0v) is 18.7. The fraction of sp³-hybridized carbons (Fsp3) is 0.440. The van der Waals surface area contributed by atoms with Crippen molar-refractivity contribution in [2.75, 3.05) is 13.2 Å². The fourth-order valence-electron chi connectivity index (χ4n) is 3.37. The van der Waals surface area contributed by atoms with Crippen molar-refractivity contribution < 1.29 is 32.6 Å². The lowest BCUT2D eigenvalue weighted by Gasteiger charge is -2.12. The van der Waals surface area contributed by atoms with Crippen LogP contribution in [0.25, 0.3) is 0 Å². The summed E-state index contributed by atoms with van der Waals surface area (Å²) in [5.74, 6) is 0.115. The van der Waals surface area contributed by atoms with Crippen LogP contribution in [0.15, 0.2) is 59.7 Å². The first-order valence-electron chi connectivity index (χ1n) is 11.0. The highest BCUT2D eigenvalue weighted by Gasteiger charge is 2.30. The second kappa shape index (κ2) is 13.0. The average molecular weight is 466 g/mol. The smallest absolute Gasteiger partial charge is 0.416 e. The molecule has 0 aliphatic heterocycles. The molecule has 0 spiro atoms. The van der Waals surface area contributed by atoms with E-state index in [2.05, 4.69) is 5.32 Å². The molecule has 0 saturated heterocycles. The number of carbonyl (C=O) groups excluding carboxylic acids is 2. The number of Topliss-reactive ketones (excluding diaryl/α,β-unsaturated/α-hetero) is 1. The summed E-state index contributed by atoms with van der Waals surface area (Å²) >= 11 is 0. The van der Waals surface area contributed by atoms with Crippen molar-refractivity contribution in [1.82, 2.24) is 5.32 Å². The van der Waals surface area contributed by atoms with Gasteiger partial charge in [-0.05, 0) is 56.4 Å². The topological polar surface area (TPSA) is 75.6 Å². The molecule has 1 aromatic carbocycles. The summed E-state index contributed by atoms with van der Waals surface area (Å²) in [5, 5.41) is 12.9. The highest BCUT2D eigenvalue weighted by molar-refractivity contribution is 5.99. The summed E-state index contributed by atoms with van der Waals surface area (Å²) in [4.78, 5) is 23.6. The molecule has 33 heavy (non-hydrogen) atoms. The number of rotatable bonds is 12. The fourth-order valence-corrected chi connectivity index (χ4v) is 3.37. The number of unbranched alkanes of at least 4 members (excludes halogenated alkanes) is 1.